The van der Waals surface area contributed by atoms with Gasteiger partial charge < -0.3 is 20.3 Å². The first-order chi connectivity index (χ1) is 11.4. The molecule has 0 aliphatic carbocycles. The van der Waals surface area contributed by atoms with E-state index in [1.807, 2.05) is 0 Å². The maximum absolute atomic E-state index is 12.3. The highest BCUT2D eigenvalue weighted by Crippen LogP contribution is 2.34. The highest BCUT2D eigenvalue weighted by Gasteiger charge is 2.32. The van der Waals surface area contributed by atoms with Gasteiger partial charge in [0.2, 0.25) is 0 Å². The zero-order valence-corrected chi connectivity index (χ0v) is 13.5. The number of aromatic hydroxyl groups is 1. The number of hydrogen-bond donors (Lipinski definition) is 2. The van der Waals surface area contributed by atoms with Crippen molar-refractivity contribution < 1.29 is 40.9 Å². The lowest BCUT2D eigenvalue weighted by atomic mass is 9.98. The van der Waals surface area contributed by atoms with Gasteiger partial charge in [0.15, 0.2) is 0 Å². The van der Waals surface area contributed by atoms with Crippen LogP contribution < -0.4 is 15.2 Å². The van der Waals surface area contributed by atoms with Crippen LogP contribution in [0.5, 0.6) is 17.2 Å². The minimum Gasteiger partial charge on any atom is -0.508 e. The van der Waals surface area contributed by atoms with Gasteiger partial charge in [-0.3, -0.25) is 0 Å². The third-order valence-electron chi connectivity index (χ3n) is 3.04. The van der Waals surface area contributed by atoms with E-state index in [-0.39, 0.29) is 23.5 Å². The molecular formula is C15H12ClF6NO3. The summed E-state index contributed by atoms with van der Waals surface area (Å²) in [5.41, 5.74) is 6.02. The number of alkyl halides is 6. The number of nitrogens with two attached hydrogens (primary N) is 1. The van der Waals surface area contributed by atoms with E-state index in [9.17, 15) is 31.4 Å². The average Bonchev–Trinajstić information content (AvgIpc) is 2.46. The Morgan fingerprint density at radius 2 is 1.27 bits per heavy atom. The van der Waals surface area contributed by atoms with Crippen molar-refractivity contribution in [1.29, 1.82) is 0 Å². The Labute approximate surface area is 149 Å². The van der Waals surface area contributed by atoms with Gasteiger partial charge in [0.05, 0.1) is 6.04 Å². The molecule has 0 spiro atoms. The van der Waals surface area contributed by atoms with Crippen LogP contribution in [0.15, 0.2) is 42.5 Å². The molecule has 0 radical (unpaired) electrons. The summed E-state index contributed by atoms with van der Waals surface area (Å²) >= 11 is 0. The van der Waals surface area contributed by atoms with Gasteiger partial charge in [0.25, 0.3) is 0 Å². The molecule has 0 aromatic heterocycles. The quantitative estimate of drug-likeness (QED) is 0.729. The number of phenolic OH excluding ortho intramolecular Hbond substituents is 1. The summed E-state index contributed by atoms with van der Waals surface area (Å²) in [6.45, 7) is 0. The van der Waals surface area contributed by atoms with Gasteiger partial charge in [-0.15, -0.1) is 38.7 Å². The Kier molecular flexibility index (Phi) is 6.61. The summed E-state index contributed by atoms with van der Waals surface area (Å²) < 4.78 is 80.6. The van der Waals surface area contributed by atoms with Crippen LogP contribution in [0.1, 0.15) is 17.2 Å². The fraction of sp³-hybridized carbons (Fsp3) is 0.200. The largest absolute Gasteiger partial charge is 0.573 e. The Morgan fingerprint density at radius 3 is 1.77 bits per heavy atom. The minimum absolute atomic E-state index is 0. The van der Waals surface area contributed by atoms with Crippen molar-refractivity contribution in [2.24, 2.45) is 5.73 Å². The molecule has 26 heavy (non-hydrogen) atoms. The molecule has 144 valence electrons. The van der Waals surface area contributed by atoms with Crippen molar-refractivity contribution in [3.05, 3.63) is 53.6 Å². The SMILES string of the molecule is Cl.N[C@H](c1ccc(OC(F)(F)F)cc1)c1cc(OC(F)(F)F)ccc1O. The molecule has 4 nitrogen and oxygen atoms in total. The Morgan fingerprint density at radius 1 is 0.808 bits per heavy atom. The highest BCUT2D eigenvalue weighted by molar-refractivity contribution is 5.85. The van der Waals surface area contributed by atoms with Crippen molar-refractivity contribution in [1.82, 2.24) is 0 Å². The van der Waals surface area contributed by atoms with Crippen LogP contribution in [-0.4, -0.2) is 17.8 Å². The third kappa shape index (κ3) is 6.19. The number of rotatable bonds is 4. The normalized spacial score (nSPS) is 12.9. The molecule has 0 heterocycles. The van der Waals surface area contributed by atoms with Gasteiger partial charge in [-0.05, 0) is 35.9 Å². The second-order valence-electron chi connectivity index (χ2n) is 4.86. The topological polar surface area (TPSA) is 64.7 Å². The molecular weight excluding hydrogens is 392 g/mol. The van der Waals surface area contributed by atoms with Crippen molar-refractivity contribution in [3.8, 4) is 17.2 Å². The molecule has 0 unspecified atom stereocenters. The van der Waals surface area contributed by atoms with Crippen LogP contribution in [-0.2, 0) is 0 Å². The second kappa shape index (κ2) is 7.92. The summed E-state index contributed by atoms with van der Waals surface area (Å²) in [6.07, 6.45) is -9.78. The molecule has 0 amide bonds. The monoisotopic (exact) mass is 403 g/mol. The first kappa shape index (κ1) is 21.7. The van der Waals surface area contributed by atoms with E-state index >= 15 is 0 Å². The number of halogens is 7. The van der Waals surface area contributed by atoms with Crippen LogP contribution >= 0.6 is 12.4 Å². The Bertz CT molecular complexity index is 734. The molecule has 0 aliphatic rings. The van der Waals surface area contributed by atoms with Gasteiger partial charge in [0.1, 0.15) is 17.2 Å². The fourth-order valence-electron chi connectivity index (χ4n) is 2.04. The summed E-state index contributed by atoms with van der Waals surface area (Å²) in [5, 5.41) is 9.78. The number of hydrogen-bond acceptors (Lipinski definition) is 4. The predicted molar refractivity (Wildman–Crippen MR) is 81.2 cm³/mol. The average molecular weight is 404 g/mol. The zero-order chi connectivity index (χ0) is 18.8. The molecule has 2 aromatic carbocycles. The summed E-state index contributed by atoms with van der Waals surface area (Å²) in [7, 11) is 0. The smallest absolute Gasteiger partial charge is 0.508 e. The standard InChI is InChI=1S/C15H11F6NO3.ClH/c16-14(17,18)24-9-3-1-8(2-4-9)13(22)11-7-10(5-6-12(11)23)25-15(19,20)21;/h1-7,13,23H,22H2;1H/t13-;/m1./s1. The first-order valence-corrected chi connectivity index (χ1v) is 6.64. The fourth-order valence-corrected chi connectivity index (χ4v) is 2.04. The molecule has 0 bridgehead atoms. The van der Waals surface area contributed by atoms with Crippen molar-refractivity contribution in [2.75, 3.05) is 0 Å². The molecule has 0 saturated carbocycles. The number of ether oxygens (including phenoxy) is 2. The molecule has 0 saturated heterocycles. The molecule has 1 atom stereocenters. The Hall–Kier alpha value is -2.33. The van der Waals surface area contributed by atoms with E-state index in [2.05, 4.69) is 9.47 Å². The summed E-state index contributed by atoms with van der Waals surface area (Å²) in [6, 6.07) is 6.05. The van der Waals surface area contributed by atoms with Crippen molar-refractivity contribution >= 4 is 12.4 Å². The van der Waals surface area contributed by atoms with E-state index in [1.54, 1.807) is 0 Å². The van der Waals surface area contributed by atoms with E-state index in [1.165, 1.54) is 12.1 Å². The van der Waals surface area contributed by atoms with Gasteiger partial charge in [-0.25, -0.2) is 0 Å². The Balaban J connectivity index is 0.00000338. The van der Waals surface area contributed by atoms with E-state index < -0.39 is 36.0 Å². The van der Waals surface area contributed by atoms with Gasteiger partial charge in [0, 0.05) is 5.56 Å². The summed E-state index contributed by atoms with van der Waals surface area (Å²) in [4.78, 5) is 0. The number of benzene rings is 2. The van der Waals surface area contributed by atoms with Crippen molar-refractivity contribution in [3.63, 3.8) is 0 Å². The van der Waals surface area contributed by atoms with Crippen LogP contribution in [0.25, 0.3) is 0 Å². The van der Waals surface area contributed by atoms with E-state index in [0.29, 0.717) is 0 Å². The number of phenols is 1. The van der Waals surface area contributed by atoms with E-state index in [0.717, 1.165) is 30.3 Å². The van der Waals surface area contributed by atoms with Crippen LogP contribution in [0, 0.1) is 0 Å². The molecule has 2 aromatic rings. The van der Waals surface area contributed by atoms with Crippen LogP contribution in [0.4, 0.5) is 26.3 Å². The molecule has 0 aliphatic heterocycles. The molecule has 0 fully saturated rings. The minimum atomic E-state index is -4.92. The van der Waals surface area contributed by atoms with Crippen LogP contribution in [0.3, 0.4) is 0 Å². The summed E-state index contributed by atoms with van der Waals surface area (Å²) in [5.74, 6) is -1.47. The molecule has 2 rings (SSSR count). The lowest BCUT2D eigenvalue weighted by Gasteiger charge is -2.17. The lowest BCUT2D eigenvalue weighted by Crippen LogP contribution is -2.18. The van der Waals surface area contributed by atoms with Gasteiger partial charge >= 0.3 is 12.7 Å². The predicted octanol–water partition coefficient (Wildman–Crippen LogP) is 4.66. The lowest BCUT2D eigenvalue weighted by molar-refractivity contribution is -0.275. The van der Waals surface area contributed by atoms with Gasteiger partial charge in [-0.1, -0.05) is 12.1 Å². The molecule has 3 N–H and O–H groups in total. The maximum Gasteiger partial charge on any atom is 0.573 e. The van der Waals surface area contributed by atoms with E-state index in [4.69, 9.17) is 5.73 Å². The zero-order valence-electron chi connectivity index (χ0n) is 12.6. The van der Waals surface area contributed by atoms with Gasteiger partial charge in [-0.2, -0.15) is 0 Å². The molecule has 11 heteroatoms. The highest BCUT2D eigenvalue weighted by atomic mass is 35.5. The first-order valence-electron chi connectivity index (χ1n) is 6.64. The second-order valence-corrected chi connectivity index (χ2v) is 4.86. The van der Waals surface area contributed by atoms with Crippen molar-refractivity contribution in [2.45, 2.75) is 18.8 Å². The van der Waals surface area contributed by atoms with Crippen LogP contribution in [0.2, 0.25) is 0 Å². The third-order valence-corrected chi connectivity index (χ3v) is 3.04. The maximum atomic E-state index is 12.3.